The van der Waals surface area contributed by atoms with Gasteiger partial charge in [-0.1, -0.05) is 13.3 Å². The fraction of sp³-hybridized carbons (Fsp3) is 0.455. The van der Waals surface area contributed by atoms with Crippen LogP contribution >= 0.6 is 0 Å². The van der Waals surface area contributed by atoms with E-state index in [1.54, 1.807) is 12.1 Å². The number of pyridine rings is 1. The van der Waals surface area contributed by atoms with Crippen molar-refractivity contribution in [3.8, 4) is 5.75 Å². The zero-order valence-electron chi connectivity index (χ0n) is 9.03. The first-order chi connectivity index (χ1) is 7.27. The maximum absolute atomic E-state index is 11.2. The average Bonchev–Trinajstić information content (AvgIpc) is 2.29. The van der Waals surface area contributed by atoms with E-state index >= 15 is 0 Å². The van der Waals surface area contributed by atoms with E-state index in [1.807, 2.05) is 0 Å². The standard InChI is InChI=1S/C11H15NO3/c1-3-4-7-15-9-5-6-12-10(8-9)11(13)14-2/h5-6,8H,3-4,7H2,1-2H3. The van der Waals surface area contributed by atoms with Crippen LogP contribution in [0.15, 0.2) is 18.3 Å². The molecular formula is C11H15NO3. The van der Waals surface area contributed by atoms with Crippen LogP contribution in [0.4, 0.5) is 0 Å². The summed E-state index contributed by atoms with van der Waals surface area (Å²) in [5, 5.41) is 0. The molecule has 4 nitrogen and oxygen atoms in total. The average molecular weight is 209 g/mol. The van der Waals surface area contributed by atoms with Crippen molar-refractivity contribution in [1.82, 2.24) is 4.98 Å². The Balaban J connectivity index is 2.62. The molecule has 15 heavy (non-hydrogen) atoms. The van der Waals surface area contributed by atoms with Crippen molar-refractivity contribution in [2.75, 3.05) is 13.7 Å². The molecule has 1 heterocycles. The van der Waals surface area contributed by atoms with E-state index in [2.05, 4.69) is 16.6 Å². The van der Waals surface area contributed by atoms with Crippen molar-refractivity contribution < 1.29 is 14.3 Å². The molecule has 0 radical (unpaired) electrons. The molecule has 0 aliphatic heterocycles. The van der Waals surface area contributed by atoms with Gasteiger partial charge in [-0.25, -0.2) is 9.78 Å². The third-order valence-electron chi connectivity index (χ3n) is 1.89. The van der Waals surface area contributed by atoms with Gasteiger partial charge in [0.1, 0.15) is 5.75 Å². The lowest BCUT2D eigenvalue weighted by molar-refractivity contribution is 0.0593. The molecule has 0 aliphatic rings. The second-order valence-corrected chi connectivity index (χ2v) is 3.07. The molecule has 0 unspecified atom stereocenters. The lowest BCUT2D eigenvalue weighted by atomic mass is 10.3. The predicted octanol–water partition coefficient (Wildman–Crippen LogP) is 2.05. The van der Waals surface area contributed by atoms with Gasteiger partial charge >= 0.3 is 5.97 Å². The highest BCUT2D eigenvalue weighted by Gasteiger charge is 2.07. The summed E-state index contributed by atoms with van der Waals surface area (Å²) in [6, 6.07) is 3.31. The van der Waals surface area contributed by atoms with Crippen LogP contribution in [0.25, 0.3) is 0 Å². The van der Waals surface area contributed by atoms with Crippen molar-refractivity contribution in [2.24, 2.45) is 0 Å². The van der Waals surface area contributed by atoms with Gasteiger partial charge in [-0.15, -0.1) is 0 Å². The molecule has 0 saturated heterocycles. The number of nitrogens with zero attached hydrogens (tertiary/aromatic N) is 1. The van der Waals surface area contributed by atoms with E-state index in [9.17, 15) is 4.79 Å². The Kier molecular flexibility index (Phi) is 4.60. The summed E-state index contributed by atoms with van der Waals surface area (Å²) in [6.07, 6.45) is 3.61. The second-order valence-electron chi connectivity index (χ2n) is 3.07. The minimum atomic E-state index is -0.448. The van der Waals surface area contributed by atoms with Gasteiger partial charge in [-0.2, -0.15) is 0 Å². The van der Waals surface area contributed by atoms with Crippen molar-refractivity contribution in [3.63, 3.8) is 0 Å². The fourth-order valence-electron chi connectivity index (χ4n) is 1.05. The van der Waals surface area contributed by atoms with E-state index in [1.165, 1.54) is 13.3 Å². The van der Waals surface area contributed by atoms with Crippen LogP contribution in [0, 0.1) is 0 Å². The topological polar surface area (TPSA) is 48.4 Å². The lowest BCUT2D eigenvalue weighted by Crippen LogP contribution is -2.05. The highest BCUT2D eigenvalue weighted by Crippen LogP contribution is 2.12. The minimum Gasteiger partial charge on any atom is -0.493 e. The normalized spacial score (nSPS) is 9.73. The molecule has 0 bridgehead atoms. The molecule has 0 fully saturated rings. The summed E-state index contributed by atoms with van der Waals surface area (Å²) in [4.78, 5) is 15.0. The SMILES string of the molecule is CCCCOc1ccnc(C(=O)OC)c1. The molecule has 1 rings (SSSR count). The molecule has 0 atom stereocenters. The molecule has 0 N–H and O–H groups in total. The molecule has 0 aliphatic carbocycles. The quantitative estimate of drug-likeness (QED) is 0.550. The van der Waals surface area contributed by atoms with E-state index in [0.29, 0.717) is 12.4 Å². The van der Waals surface area contributed by atoms with Gasteiger partial charge in [0.15, 0.2) is 5.69 Å². The summed E-state index contributed by atoms with van der Waals surface area (Å²) in [7, 11) is 1.33. The Bertz CT molecular complexity index is 325. The van der Waals surface area contributed by atoms with Gasteiger partial charge in [0, 0.05) is 12.3 Å². The van der Waals surface area contributed by atoms with Gasteiger partial charge in [0.05, 0.1) is 13.7 Å². The van der Waals surface area contributed by atoms with Crippen molar-refractivity contribution in [3.05, 3.63) is 24.0 Å². The molecule has 1 aromatic heterocycles. The molecule has 0 amide bonds. The Morgan fingerprint density at radius 3 is 3.00 bits per heavy atom. The highest BCUT2D eigenvalue weighted by molar-refractivity contribution is 5.87. The summed E-state index contributed by atoms with van der Waals surface area (Å²) in [5.74, 6) is 0.204. The van der Waals surface area contributed by atoms with Crippen LogP contribution < -0.4 is 4.74 Å². The first kappa shape index (κ1) is 11.5. The molecule has 82 valence electrons. The van der Waals surface area contributed by atoms with Gasteiger partial charge in [-0.05, 0) is 12.5 Å². The first-order valence-corrected chi connectivity index (χ1v) is 4.95. The number of hydrogen-bond donors (Lipinski definition) is 0. The van der Waals surface area contributed by atoms with Gasteiger partial charge in [-0.3, -0.25) is 0 Å². The molecule has 1 aromatic rings. The van der Waals surface area contributed by atoms with Crippen LogP contribution in [0.3, 0.4) is 0 Å². The predicted molar refractivity (Wildman–Crippen MR) is 56.0 cm³/mol. The zero-order chi connectivity index (χ0) is 11.1. The molecule has 0 saturated carbocycles. The summed E-state index contributed by atoms with van der Waals surface area (Å²) < 4.78 is 9.99. The first-order valence-electron chi connectivity index (χ1n) is 4.95. The number of unbranched alkanes of at least 4 members (excludes halogenated alkanes) is 1. The number of esters is 1. The van der Waals surface area contributed by atoms with E-state index < -0.39 is 5.97 Å². The number of carbonyl (C=O) groups is 1. The largest absolute Gasteiger partial charge is 0.493 e. The number of carbonyl (C=O) groups excluding carboxylic acids is 1. The Morgan fingerprint density at radius 1 is 1.53 bits per heavy atom. The van der Waals surface area contributed by atoms with Gasteiger partial charge < -0.3 is 9.47 Å². The molecule has 0 spiro atoms. The van der Waals surface area contributed by atoms with Crippen molar-refractivity contribution in [2.45, 2.75) is 19.8 Å². The summed E-state index contributed by atoms with van der Waals surface area (Å²) in [6.45, 7) is 2.75. The Morgan fingerprint density at radius 2 is 2.33 bits per heavy atom. The molecule has 4 heteroatoms. The van der Waals surface area contributed by atoms with Gasteiger partial charge in [0.2, 0.25) is 0 Å². The summed E-state index contributed by atoms with van der Waals surface area (Å²) >= 11 is 0. The summed E-state index contributed by atoms with van der Waals surface area (Å²) in [5.41, 5.74) is 0.270. The third kappa shape index (κ3) is 3.58. The maximum Gasteiger partial charge on any atom is 0.356 e. The number of hydrogen-bond acceptors (Lipinski definition) is 4. The van der Waals surface area contributed by atoms with Gasteiger partial charge in [0.25, 0.3) is 0 Å². The van der Waals surface area contributed by atoms with E-state index in [4.69, 9.17) is 4.74 Å². The van der Waals surface area contributed by atoms with Crippen LogP contribution in [0.5, 0.6) is 5.75 Å². The minimum absolute atomic E-state index is 0.270. The smallest absolute Gasteiger partial charge is 0.356 e. The fourth-order valence-corrected chi connectivity index (χ4v) is 1.05. The second kappa shape index (κ2) is 6.01. The Labute approximate surface area is 89.2 Å². The van der Waals surface area contributed by atoms with E-state index in [-0.39, 0.29) is 5.69 Å². The van der Waals surface area contributed by atoms with Crippen LogP contribution in [0.1, 0.15) is 30.3 Å². The van der Waals surface area contributed by atoms with Crippen LogP contribution in [-0.2, 0) is 4.74 Å². The van der Waals surface area contributed by atoms with Crippen molar-refractivity contribution in [1.29, 1.82) is 0 Å². The lowest BCUT2D eigenvalue weighted by Gasteiger charge is -2.05. The number of rotatable bonds is 5. The number of ether oxygens (including phenoxy) is 2. The van der Waals surface area contributed by atoms with Crippen LogP contribution in [0.2, 0.25) is 0 Å². The zero-order valence-corrected chi connectivity index (χ0v) is 9.03. The monoisotopic (exact) mass is 209 g/mol. The third-order valence-corrected chi connectivity index (χ3v) is 1.89. The number of aromatic nitrogens is 1. The van der Waals surface area contributed by atoms with E-state index in [0.717, 1.165) is 12.8 Å². The Hall–Kier alpha value is -1.58. The van der Waals surface area contributed by atoms with Crippen LogP contribution in [-0.4, -0.2) is 24.7 Å². The number of methoxy groups -OCH3 is 1. The highest BCUT2D eigenvalue weighted by atomic mass is 16.5. The molecule has 0 aromatic carbocycles. The molecular weight excluding hydrogens is 194 g/mol. The van der Waals surface area contributed by atoms with Crippen molar-refractivity contribution >= 4 is 5.97 Å². The maximum atomic E-state index is 11.2.